The molecular weight excluding hydrogens is 422 g/mol. The molecule has 8 atom stereocenters. The standard InChI is InChI=1S/C24H30F2O6/c1-4-20(30)32-12-19(29)23(31)8-6-14-15-10-17(25)16-9-13(27)5-7-21(16,2)24(15,26)18(28)11-22(14,23)3/h5,7,9,14-15,17-18,28,31H,4,6,8,10-12H2,1-3H3/t14-,15-,17-,18-,21-,22-,23-,24-/m0/s1. The monoisotopic (exact) mass is 452 g/mol. The van der Waals surface area contributed by atoms with Gasteiger partial charge in [-0.25, -0.2) is 8.78 Å². The summed E-state index contributed by atoms with van der Waals surface area (Å²) in [5.41, 5.74) is -6.87. The lowest BCUT2D eigenvalue weighted by Crippen LogP contribution is -2.70. The first kappa shape index (κ1) is 23.2. The first-order valence-corrected chi connectivity index (χ1v) is 11.2. The van der Waals surface area contributed by atoms with Crippen molar-refractivity contribution in [2.24, 2.45) is 22.7 Å². The van der Waals surface area contributed by atoms with Crippen LogP contribution in [0.1, 0.15) is 52.9 Å². The summed E-state index contributed by atoms with van der Waals surface area (Å²) in [4.78, 5) is 36.3. The largest absolute Gasteiger partial charge is 0.458 e. The average Bonchev–Trinajstić information content (AvgIpc) is 3.01. The number of ether oxygens (including phenoxy) is 1. The highest BCUT2D eigenvalue weighted by Gasteiger charge is 2.75. The molecule has 0 unspecified atom stereocenters. The highest BCUT2D eigenvalue weighted by Crippen LogP contribution is 2.70. The molecule has 3 fully saturated rings. The van der Waals surface area contributed by atoms with E-state index < -0.39 is 70.4 Å². The lowest BCUT2D eigenvalue weighted by molar-refractivity contribution is -0.222. The molecule has 0 radical (unpaired) electrons. The van der Waals surface area contributed by atoms with Gasteiger partial charge < -0.3 is 14.9 Å². The molecule has 0 amide bonds. The van der Waals surface area contributed by atoms with E-state index in [2.05, 4.69) is 0 Å². The molecule has 0 aromatic carbocycles. The summed E-state index contributed by atoms with van der Waals surface area (Å²) in [5, 5.41) is 22.6. The number of alkyl halides is 2. The smallest absolute Gasteiger partial charge is 0.305 e. The molecule has 0 heterocycles. The van der Waals surface area contributed by atoms with Gasteiger partial charge in [0, 0.05) is 23.2 Å². The van der Waals surface area contributed by atoms with Crippen molar-refractivity contribution < 1.29 is 38.1 Å². The first-order chi connectivity index (χ1) is 14.8. The minimum atomic E-state index is -2.26. The molecular formula is C24H30F2O6. The highest BCUT2D eigenvalue weighted by molar-refractivity contribution is 6.01. The Hall–Kier alpha value is -1.93. The van der Waals surface area contributed by atoms with Gasteiger partial charge in [-0.15, -0.1) is 0 Å². The normalized spacial score (nSPS) is 47.2. The molecule has 0 aromatic heterocycles. The molecule has 0 spiro atoms. The van der Waals surface area contributed by atoms with Gasteiger partial charge in [0.1, 0.15) is 11.8 Å². The summed E-state index contributed by atoms with van der Waals surface area (Å²) in [6.45, 7) is 4.12. The fourth-order valence-electron chi connectivity index (χ4n) is 7.03. The van der Waals surface area contributed by atoms with Crippen molar-refractivity contribution in [2.45, 2.75) is 76.4 Å². The van der Waals surface area contributed by atoms with Crippen LogP contribution in [-0.4, -0.2) is 57.9 Å². The maximum atomic E-state index is 16.9. The molecule has 0 bridgehead atoms. The molecule has 0 saturated heterocycles. The number of rotatable bonds is 4. The Kier molecular flexibility index (Phi) is 5.29. The van der Waals surface area contributed by atoms with Crippen LogP contribution in [0, 0.1) is 22.7 Å². The Morgan fingerprint density at radius 2 is 1.97 bits per heavy atom. The van der Waals surface area contributed by atoms with Gasteiger partial charge in [0.2, 0.25) is 5.78 Å². The quantitative estimate of drug-likeness (QED) is 0.636. The van der Waals surface area contributed by atoms with Gasteiger partial charge in [-0.2, -0.15) is 0 Å². The predicted molar refractivity (Wildman–Crippen MR) is 110 cm³/mol. The van der Waals surface area contributed by atoms with E-state index in [9.17, 15) is 24.6 Å². The van der Waals surface area contributed by atoms with Crippen molar-refractivity contribution in [1.82, 2.24) is 0 Å². The summed E-state index contributed by atoms with van der Waals surface area (Å²) in [5.74, 6) is -3.22. The summed E-state index contributed by atoms with van der Waals surface area (Å²) < 4.78 is 37.2. The lowest BCUT2D eigenvalue weighted by Gasteiger charge is -2.63. The number of ketones is 2. The number of carbonyl (C=O) groups is 3. The first-order valence-electron chi connectivity index (χ1n) is 11.2. The number of Topliss-reactive ketones (excluding diaryl/α,β-unsaturated/α-hetero) is 1. The second-order valence-electron chi connectivity index (χ2n) is 10.2. The van der Waals surface area contributed by atoms with E-state index in [-0.39, 0.29) is 37.7 Å². The minimum Gasteiger partial charge on any atom is -0.458 e. The molecule has 176 valence electrons. The second-order valence-corrected chi connectivity index (χ2v) is 10.2. The second kappa shape index (κ2) is 7.29. The number of aliphatic hydroxyl groups is 2. The van der Waals surface area contributed by atoms with Crippen molar-refractivity contribution in [3.8, 4) is 0 Å². The zero-order valence-electron chi connectivity index (χ0n) is 18.6. The van der Waals surface area contributed by atoms with Crippen molar-refractivity contribution in [1.29, 1.82) is 0 Å². The van der Waals surface area contributed by atoms with Crippen LogP contribution in [0.25, 0.3) is 0 Å². The fraction of sp³-hybridized carbons (Fsp3) is 0.708. The Morgan fingerprint density at radius 3 is 2.62 bits per heavy atom. The average molecular weight is 452 g/mol. The summed E-state index contributed by atoms with van der Waals surface area (Å²) >= 11 is 0. The van der Waals surface area contributed by atoms with Crippen LogP contribution >= 0.6 is 0 Å². The maximum Gasteiger partial charge on any atom is 0.305 e. The van der Waals surface area contributed by atoms with Crippen LogP contribution in [0.15, 0.2) is 23.8 Å². The molecule has 6 nitrogen and oxygen atoms in total. The van der Waals surface area contributed by atoms with Crippen molar-refractivity contribution >= 4 is 17.5 Å². The molecule has 2 N–H and O–H groups in total. The Labute approximate surface area is 185 Å². The van der Waals surface area contributed by atoms with E-state index in [0.29, 0.717) is 0 Å². The predicted octanol–water partition coefficient (Wildman–Crippen LogP) is 2.56. The number of fused-ring (bicyclic) bond motifs is 5. The van der Waals surface area contributed by atoms with Crippen LogP contribution in [0.3, 0.4) is 0 Å². The van der Waals surface area contributed by atoms with Gasteiger partial charge >= 0.3 is 5.97 Å². The summed E-state index contributed by atoms with van der Waals surface area (Å²) in [7, 11) is 0. The number of hydrogen-bond acceptors (Lipinski definition) is 6. The summed E-state index contributed by atoms with van der Waals surface area (Å²) in [6, 6.07) is 0. The topological polar surface area (TPSA) is 101 Å². The zero-order valence-corrected chi connectivity index (χ0v) is 18.6. The highest BCUT2D eigenvalue weighted by atomic mass is 19.1. The van der Waals surface area contributed by atoms with E-state index in [0.717, 1.165) is 6.08 Å². The van der Waals surface area contributed by atoms with Crippen LogP contribution < -0.4 is 0 Å². The van der Waals surface area contributed by atoms with Crippen molar-refractivity contribution in [3.05, 3.63) is 23.8 Å². The molecule has 4 aliphatic carbocycles. The number of hydrogen-bond donors (Lipinski definition) is 2. The van der Waals surface area contributed by atoms with Crippen molar-refractivity contribution in [2.75, 3.05) is 6.61 Å². The van der Waals surface area contributed by atoms with Crippen molar-refractivity contribution in [3.63, 3.8) is 0 Å². The van der Waals surface area contributed by atoms with Crippen LogP contribution in [0.5, 0.6) is 0 Å². The molecule has 3 saturated carbocycles. The van der Waals surface area contributed by atoms with Crippen LogP contribution in [0.2, 0.25) is 0 Å². The molecule has 0 aliphatic heterocycles. The molecule has 4 aliphatic rings. The molecule has 0 aromatic rings. The van der Waals surface area contributed by atoms with E-state index >= 15 is 8.78 Å². The number of halogens is 2. The Bertz CT molecular complexity index is 929. The lowest BCUT2D eigenvalue weighted by atomic mass is 9.44. The van der Waals surface area contributed by atoms with E-state index in [4.69, 9.17) is 4.74 Å². The van der Waals surface area contributed by atoms with Crippen LogP contribution in [-0.2, 0) is 19.1 Å². The summed E-state index contributed by atoms with van der Waals surface area (Å²) in [6.07, 6.45) is 0.424. The van der Waals surface area contributed by atoms with Gasteiger partial charge in [0.05, 0.1) is 6.10 Å². The molecule has 4 rings (SSSR count). The third-order valence-corrected chi connectivity index (χ3v) is 8.89. The number of aliphatic hydroxyl groups excluding tert-OH is 1. The number of allylic oxidation sites excluding steroid dienone is 4. The SMILES string of the molecule is CCC(=O)OCC(=O)[C@@]1(O)CC[C@H]2[C@@H]3C[C@H](F)C4=CC(=O)C=C[C@]4(C)[C@@]3(F)[C@@H](O)C[C@@]21C. The van der Waals surface area contributed by atoms with E-state index in [1.807, 2.05) is 0 Å². The Morgan fingerprint density at radius 1 is 1.28 bits per heavy atom. The zero-order chi connectivity index (χ0) is 23.7. The van der Waals surface area contributed by atoms with Gasteiger partial charge in [0.25, 0.3) is 0 Å². The third-order valence-electron chi connectivity index (χ3n) is 8.89. The minimum absolute atomic E-state index is 0.0145. The number of carbonyl (C=O) groups excluding carboxylic acids is 3. The van der Waals surface area contributed by atoms with E-state index in [1.165, 1.54) is 19.1 Å². The molecule has 8 heteroatoms. The fourth-order valence-corrected chi connectivity index (χ4v) is 7.03. The van der Waals surface area contributed by atoms with E-state index in [1.54, 1.807) is 13.8 Å². The Balaban J connectivity index is 1.72. The van der Waals surface area contributed by atoms with Gasteiger partial charge in [0.15, 0.2) is 18.1 Å². The van der Waals surface area contributed by atoms with Crippen LogP contribution in [0.4, 0.5) is 8.78 Å². The maximum absolute atomic E-state index is 16.9. The molecule has 32 heavy (non-hydrogen) atoms. The number of esters is 1. The third kappa shape index (κ3) is 2.78. The van der Waals surface area contributed by atoms with Gasteiger partial charge in [-0.1, -0.05) is 19.9 Å². The van der Waals surface area contributed by atoms with Gasteiger partial charge in [-0.3, -0.25) is 14.4 Å². The van der Waals surface area contributed by atoms with Gasteiger partial charge in [-0.05, 0) is 56.3 Å².